The van der Waals surface area contributed by atoms with Crippen molar-refractivity contribution < 1.29 is 0 Å². The Morgan fingerprint density at radius 1 is 0.765 bits per heavy atom. The predicted octanol–water partition coefficient (Wildman–Crippen LogP) is 5.77. The van der Waals surface area contributed by atoms with E-state index < -0.39 is 0 Å². The van der Waals surface area contributed by atoms with Crippen LogP contribution in [0.15, 0.2) is 0 Å². The summed E-state index contributed by atoms with van der Waals surface area (Å²) in [6.07, 6.45) is 14.6. The third-order valence-corrected chi connectivity index (χ3v) is 2.94. The molecule has 0 aromatic rings. The van der Waals surface area contributed by atoms with Crippen LogP contribution < -0.4 is 0 Å². The fourth-order valence-corrected chi connectivity index (χ4v) is 1.90. The zero-order valence-electron chi connectivity index (χ0n) is 12.1. The van der Waals surface area contributed by atoms with Gasteiger partial charge in [0.25, 0.3) is 0 Å². The first-order valence-electron chi connectivity index (χ1n) is 7.55. The van der Waals surface area contributed by atoms with Crippen molar-refractivity contribution in [2.75, 3.05) is 0 Å². The molecule has 0 heteroatoms. The lowest BCUT2D eigenvalue weighted by atomic mass is 10.1. The van der Waals surface area contributed by atoms with Crippen LogP contribution in [-0.4, -0.2) is 0 Å². The quantitative estimate of drug-likeness (QED) is 0.333. The molecule has 99 valence electrons. The molecule has 0 aliphatic heterocycles. The van der Waals surface area contributed by atoms with Crippen molar-refractivity contribution in [2.24, 2.45) is 5.92 Å². The average Bonchev–Trinajstić information content (AvgIpc) is 2.30. The number of unbranched alkanes of at least 4 members (excludes halogenated alkanes) is 10. The molecule has 0 spiro atoms. The van der Waals surface area contributed by atoms with Gasteiger partial charge >= 0.3 is 0 Å². The summed E-state index contributed by atoms with van der Waals surface area (Å²) >= 11 is 0. The van der Waals surface area contributed by atoms with Gasteiger partial charge < -0.3 is 0 Å². The highest BCUT2D eigenvalue weighted by Gasteiger charge is 1.91. The maximum Gasteiger partial charge on any atom is 0.0146 e. The molecule has 0 aromatic heterocycles. The van der Waals surface area contributed by atoms with Gasteiger partial charge in [0.05, 0.1) is 0 Å². The van der Waals surface area contributed by atoms with Gasteiger partial charge in [-0.3, -0.25) is 0 Å². The predicted molar refractivity (Wildman–Crippen MR) is 78.8 cm³/mol. The molecule has 0 rings (SSSR count). The first-order valence-corrected chi connectivity index (χ1v) is 7.55. The topological polar surface area (TPSA) is 0 Å². The van der Waals surface area contributed by atoms with Crippen LogP contribution in [0.2, 0.25) is 0 Å². The van der Waals surface area contributed by atoms with Crippen molar-refractivity contribution in [1.29, 1.82) is 0 Å². The summed E-state index contributed by atoms with van der Waals surface area (Å²) < 4.78 is 0. The Hall–Kier alpha value is -0.440. The molecule has 0 unspecified atom stereocenters. The van der Waals surface area contributed by atoms with E-state index in [9.17, 15) is 0 Å². The number of hydrogen-bond donors (Lipinski definition) is 0. The monoisotopic (exact) mass is 235 g/mol. The molecule has 0 saturated heterocycles. The lowest BCUT2D eigenvalue weighted by molar-refractivity contribution is 0.562. The van der Waals surface area contributed by atoms with Crippen molar-refractivity contribution in [3.05, 3.63) is 6.92 Å². The Balaban J connectivity index is 3.02. The van der Waals surface area contributed by atoms with E-state index in [1.54, 1.807) is 0 Å². The van der Waals surface area contributed by atoms with Crippen molar-refractivity contribution in [2.45, 2.75) is 84.5 Å². The molecule has 0 fully saturated rings. The Bertz CT molecular complexity index is 192. The molecule has 0 aliphatic rings. The summed E-state index contributed by atoms with van der Waals surface area (Å²) in [7, 11) is 0. The van der Waals surface area contributed by atoms with E-state index >= 15 is 0 Å². The minimum absolute atomic E-state index is 0.535. The largest absolute Gasteiger partial charge is 0.103 e. The van der Waals surface area contributed by atoms with Gasteiger partial charge in [0, 0.05) is 12.3 Å². The van der Waals surface area contributed by atoms with Crippen LogP contribution in [-0.2, 0) is 0 Å². The van der Waals surface area contributed by atoms with E-state index in [0.717, 1.165) is 12.8 Å². The highest BCUT2D eigenvalue weighted by atomic mass is 14.0. The number of rotatable bonds is 10. The summed E-state index contributed by atoms with van der Waals surface area (Å²) in [4.78, 5) is 0. The molecule has 0 saturated carbocycles. The summed E-state index contributed by atoms with van der Waals surface area (Å²) in [5.74, 6) is 7.01. The fourth-order valence-electron chi connectivity index (χ4n) is 1.90. The summed E-state index contributed by atoms with van der Waals surface area (Å²) in [5.41, 5.74) is 0. The van der Waals surface area contributed by atoms with Crippen molar-refractivity contribution in [3.8, 4) is 11.8 Å². The van der Waals surface area contributed by atoms with Crippen LogP contribution in [0.1, 0.15) is 84.5 Å². The molecule has 0 N–H and O–H groups in total. The molecule has 0 bridgehead atoms. The van der Waals surface area contributed by atoms with Crippen LogP contribution in [0, 0.1) is 24.7 Å². The van der Waals surface area contributed by atoms with E-state index in [1.165, 1.54) is 57.8 Å². The van der Waals surface area contributed by atoms with Gasteiger partial charge in [0.15, 0.2) is 0 Å². The third kappa shape index (κ3) is 15.6. The zero-order valence-corrected chi connectivity index (χ0v) is 12.1. The highest BCUT2D eigenvalue weighted by molar-refractivity contribution is 5.00. The van der Waals surface area contributed by atoms with E-state index in [1.807, 2.05) is 0 Å². The lowest BCUT2D eigenvalue weighted by Crippen LogP contribution is -1.82. The van der Waals surface area contributed by atoms with Gasteiger partial charge in [-0.15, -0.1) is 11.8 Å². The summed E-state index contributed by atoms with van der Waals surface area (Å²) in [5, 5.41) is 0. The van der Waals surface area contributed by atoms with Gasteiger partial charge in [0.1, 0.15) is 0 Å². The molecule has 0 heterocycles. The van der Waals surface area contributed by atoms with Gasteiger partial charge in [-0.2, -0.15) is 0 Å². The van der Waals surface area contributed by atoms with E-state index in [2.05, 4.69) is 32.6 Å². The first-order chi connectivity index (χ1) is 8.27. The highest BCUT2D eigenvalue weighted by Crippen LogP contribution is 2.10. The number of hydrogen-bond acceptors (Lipinski definition) is 0. The Kier molecular flexibility index (Phi) is 13.3. The van der Waals surface area contributed by atoms with Crippen LogP contribution in [0.3, 0.4) is 0 Å². The third-order valence-electron chi connectivity index (χ3n) is 2.94. The van der Waals surface area contributed by atoms with E-state index in [4.69, 9.17) is 0 Å². The average molecular weight is 235 g/mol. The SMILES string of the molecule is [CH2]CCCCCCCCCCCC#CC(C)C. The van der Waals surface area contributed by atoms with Crippen molar-refractivity contribution >= 4 is 0 Å². The Labute approximate surface area is 110 Å². The second kappa shape index (κ2) is 13.6. The molecule has 1 radical (unpaired) electrons. The Morgan fingerprint density at radius 2 is 1.24 bits per heavy atom. The molecule has 0 amide bonds. The van der Waals surface area contributed by atoms with Crippen molar-refractivity contribution in [1.82, 2.24) is 0 Å². The molecular formula is C17H31. The maximum atomic E-state index is 3.87. The standard InChI is InChI=1S/C17H31/c1-4-5-6-7-8-9-10-11-12-13-14-15-16-17(2)3/h17H,1,4-14H2,2-3H3. The van der Waals surface area contributed by atoms with Crippen LogP contribution >= 0.6 is 0 Å². The molecule has 0 nitrogen and oxygen atoms in total. The van der Waals surface area contributed by atoms with Crippen LogP contribution in [0.25, 0.3) is 0 Å². The van der Waals surface area contributed by atoms with Crippen LogP contribution in [0.5, 0.6) is 0 Å². The first kappa shape index (κ1) is 16.6. The minimum Gasteiger partial charge on any atom is -0.103 e. The molecule has 0 aliphatic carbocycles. The van der Waals surface area contributed by atoms with E-state index in [-0.39, 0.29) is 0 Å². The van der Waals surface area contributed by atoms with Gasteiger partial charge in [-0.05, 0) is 6.42 Å². The molecular weight excluding hydrogens is 204 g/mol. The van der Waals surface area contributed by atoms with Gasteiger partial charge in [-0.1, -0.05) is 78.6 Å². The van der Waals surface area contributed by atoms with E-state index in [0.29, 0.717) is 5.92 Å². The fraction of sp³-hybridized carbons (Fsp3) is 0.824. The molecule has 0 aromatic carbocycles. The Morgan fingerprint density at radius 3 is 1.71 bits per heavy atom. The zero-order chi connectivity index (χ0) is 12.8. The molecule has 17 heavy (non-hydrogen) atoms. The summed E-state index contributed by atoms with van der Waals surface area (Å²) in [6, 6.07) is 0. The van der Waals surface area contributed by atoms with Gasteiger partial charge in [-0.25, -0.2) is 0 Å². The second-order valence-corrected chi connectivity index (χ2v) is 5.26. The smallest absolute Gasteiger partial charge is 0.0146 e. The lowest BCUT2D eigenvalue weighted by Gasteiger charge is -2.00. The van der Waals surface area contributed by atoms with Gasteiger partial charge in [0.2, 0.25) is 0 Å². The second-order valence-electron chi connectivity index (χ2n) is 5.26. The normalized spacial score (nSPS) is 10.4. The maximum absolute atomic E-state index is 3.87. The van der Waals surface area contributed by atoms with Crippen molar-refractivity contribution in [3.63, 3.8) is 0 Å². The molecule has 0 atom stereocenters. The minimum atomic E-state index is 0.535. The van der Waals surface area contributed by atoms with Crippen LogP contribution in [0.4, 0.5) is 0 Å². The summed E-state index contributed by atoms with van der Waals surface area (Å²) in [6.45, 7) is 8.18.